The molecule has 2 unspecified atom stereocenters. The molecular formula is C12H16O6PtSe2+2. The molecular weight excluding hydrogens is 593 g/mol. The van der Waals surface area contributed by atoms with E-state index < -0.39 is 28.3 Å². The third-order valence-electron chi connectivity index (χ3n) is 1.87. The van der Waals surface area contributed by atoms with Crippen LogP contribution in [-0.2, 0) is 39.7 Å². The monoisotopic (exact) mass is 611 g/mol. The van der Waals surface area contributed by atoms with Gasteiger partial charge < -0.3 is 11.0 Å². The quantitative estimate of drug-likeness (QED) is 0.257. The van der Waals surface area contributed by atoms with Crippen LogP contribution in [0.2, 0.25) is 0 Å². The van der Waals surface area contributed by atoms with Crippen molar-refractivity contribution in [1.82, 2.24) is 0 Å². The normalized spacial score (nSPS) is 11.1. The standard InChI is InChI=1S/2C6H6O2Se.2H2O.Pt/c2*7-9(8)6-4-2-1-3-5-6;;;/h2*1-5H,(H,7,8);2*1H2;/q;;;;+2. The average molecular weight is 609 g/mol. The number of rotatable bonds is 2. The first kappa shape index (κ1) is 25.6. The van der Waals surface area contributed by atoms with Gasteiger partial charge in [-0.1, -0.05) is 0 Å². The van der Waals surface area contributed by atoms with Crippen LogP contribution >= 0.6 is 0 Å². The zero-order valence-corrected chi connectivity index (χ0v) is 16.4. The van der Waals surface area contributed by atoms with Crippen LogP contribution in [0.3, 0.4) is 0 Å². The van der Waals surface area contributed by atoms with Crippen molar-refractivity contribution in [2.45, 2.75) is 0 Å². The Hall–Kier alpha value is -0.393. The third kappa shape index (κ3) is 10.9. The van der Waals surface area contributed by atoms with E-state index in [0.29, 0.717) is 8.92 Å². The van der Waals surface area contributed by atoms with Gasteiger partial charge in [-0.05, 0) is 0 Å². The van der Waals surface area contributed by atoms with Gasteiger partial charge in [0.25, 0.3) is 0 Å². The second kappa shape index (κ2) is 14.5. The fraction of sp³-hybridized carbons (Fsp3) is 0. The Morgan fingerprint density at radius 1 is 0.619 bits per heavy atom. The van der Waals surface area contributed by atoms with Gasteiger partial charge in [0.1, 0.15) is 0 Å². The Morgan fingerprint density at radius 2 is 0.857 bits per heavy atom. The van der Waals surface area contributed by atoms with Gasteiger partial charge in [0.15, 0.2) is 0 Å². The van der Waals surface area contributed by atoms with Gasteiger partial charge in [0.2, 0.25) is 0 Å². The van der Waals surface area contributed by atoms with Crippen LogP contribution in [-0.4, -0.2) is 28.3 Å². The van der Waals surface area contributed by atoms with Gasteiger partial charge in [-0.15, -0.1) is 0 Å². The molecule has 0 aliphatic carbocycles. The maximum Gasteiger partial charge on any atom is 2.00 e. The topological polar surface area (TPSA) is 146 Å². The Labute approximate surface area is 145 Å². The average Bonchev–Trinajstić information content (AvgIpc) is 2.41. The molecule has 2 atom stereocenters. The molecule has 0 radical (unpaired) electrons. The number of hydrogen-bond acceptors (Lipinski definition) is 4. The first-order valence-electron chi connectivity index (χ1n) is 4.90. The van der Waals surface area contributed by atoms with E-state index in [2.05, 4.69) is 0 Å². The van der Waals surface area contributed by atoms with Crippen molar-refractivity contribution in [3.05, 3.63) is 60.7 Å². The summed E-state index contributed by atoms with van der Waals surface area (Å²) in [7, 11) is 0. The van der Waals surface area contributed by atoms with Gasteiger partial charge in [-0.25, -0.2) is 0 Å². The Bertz CT molecular complexity index is 474. The van der Waals surface area contributed by atoms with Crippen molar-refractivity contribution in [2.75, 3.05) is 0 Å². The molecule has 6 N–H and O–H groups in total. The molecule has 0 aromatic heterocycles. The van der Waals surface area contributed by atoms with E-state index in [1.807, 2.05) is 0 Å². The van der Waals surface area contributed by atoms with E-state index in [-0.39, 0.29) is 32.0 Å². The molecule has 0 fully saturated rings. The summed E-state index contributed by atoms with van der Waals surface area (Å²) in [5, 5.41) is 0. The molecule has 0 bridgehead atoms. The molecule has 2 aromatic rings. The fourth-order valence-electron chi connectivity index (χ4n) is 1.06. The molecule has 0 saturated heterocycles. The van der Waals surface area contributed by atoms with Gasteiger partial charge in [-0.3, -0.25) is 0 Å². The number of benzene rings is 2. The van der Waals surface area contributed by atoms with Crippen LogP contribution in [0, 0.1) is 0 Å². The van der Waals surface area contributed by atoms with Crippen LogP contribution in [0.25, 0.3) is 0 Å². The van der Waals surface area contributed by atoms with Crippen LogP contribution in [0.5, 0.6) is 0 Å². The summed E-state index contributed by atoms with van der Waals surface area (Å²) >= 11 is -5.82. The largest absolute Gasteiger partial charge is 2.00 e. The number of hydrogen-bond donors (Lipinski definition) is 0. The smallest absolute Gasteiger partial charge is 0.457 e. The summed E-state index contributed by atoms with van der Waals surface area (Å²) < 4.78 is 42.0. The Morgan fingerprint density at radius 3 is 1.00 bits per heavy atom. The second-order valence-corrected chi connectivity index (χ2v) is 7.04. The maximum atomic E-state index is 10.3. The van der Waals surface area contributed by atoms with E-state index in [1.165, 1.54) is 0 Å². The molecule has 0 spiro atoms. The molecule has 21 heavy (non-hydrogen) atoms. The summed E-state index contributed by atoms with van der Waals surface area (Å²) in [5.74, 6) is 0. The van der Waals surface area contributed by atoms with E-state index in [9.17, 15) is 16.0 Å². The minimum Gasteiger partial charge on any atom is -0.457 e. The molecule has 2 rings (SSSR count). The molecule has 2 aromatic carbocycles. The summed E-state index contributed by atoms with van der Waals surface area (Å²) in [6.45, 7) is 0. The molecule has 0 heterocycles. The van der Waals surface area contributed by atoms with Gasteiger partial charge in [-0.2, -0.15) is 0 Å². The van der Waals surface area contributed by atoms with E-state index in [0.717, 1.165) is 0 Å². The Kier molecular flexibility index (Phi) is 17.7. The predicted octanol–water partition coefficient (Wildman–Crippen LogP) is -3.50. The van der Waals surface area contributed by atoms with E-state index >= 15 is 0 Å². The summed E-state index contributed by atoms with van der Waals surface area (Å²) in [4.78, 5) is 0. The van der Waals surface area contributed by atoms with Crippen molar-refractivity contribution >= 4 is 37.2 Å². The minimum atomic E-state index is -2.91. The predicted molar refractivity (Wildman–Crippen MR) is 74.8 cm³/mol. The third-order valence-corrected chi connectivity index (χ3v) is 4.63. The van der Waals surface area contributed by atoms with Crippen molar-refractivity contribution in [2.24, 2.45) is 0 Å². The molecule has 6 nitrogen and oxygen atoms in total. The van der Waals surface area contributed by atoms with Crippen molar-refractivity contribution < 1.29 is 48.1 Å². The SMILES string of the molecule is O=[Se]([O-])c1ccccc1.O=[Se]([O-])c1ccccc1.[OH3+].[OH3+].[Pt+2]. The van der Waals surface area contributed by atoms with Crippen molar-refractivity contribution in [3.8, 4) is 0 Å². The van der Waals surface area contributed by atoms with Crippen LogP contribution in [0.15, 0.2) is 60.7 Å². The van der Waals surface area contributed by atoms with Gasteiger partial charge in [0, 0.05) is 0 Å². The summed E-state index contributed by atoms with van der Waals surface area (Å²) in [5.41, 5.74) is 0. The zero-order valence-electron chi connectivity index (χ0n) is 10.7. The first-order valence-corrected chi connectivity index (χ1v) is 9.41. The van der Waals surface area contributed by atoms with E-state index in [4.69, 9.17) is 0 Å². The van der Waals surface area contributed by atoms with Gasteiger partial charge >= 0.3 is 135 Å². The molecule has 0 amide bonds. The van der Waals surface area contributed by atoms with Crippen molar-refractivity contribution in [1.29, 1.82) is 0 Å². The molecule has 0 aliphatic rings. The maximum absolute atomic E-state index is 10.3. The van der Waals surface area contributed by atoms with Crippen LogP contribution in [0.4, 0.5) is 0 Å². The van der Waals surface area contributed by atoms with Crippen LogP contribution < -0.4 is 17.3 Å². The van der Waals surface area contributed by atoms with Gasteiger partial charge in [0.05, 0.1) is 0 Å². The summed E-state index contributed by atoms with van der Waals surface area (Å²) in [6, 6.07) is 16.8. The molecule has 0 aliphatic heterocycles. The fourth-order valence-corrected chi connectivity index (χ4v) is 2.66. The molecule has 0 saturated carbocycles. The zero-order chi connectivity index (χ0) is 13.4. The summed E-state index contributed by atoms with van der Waals surface area (Å²) in [6.07, 6.45) is 0. The molecule has 9 heteroatoms. The van der Waals surface area contributed by atoms with Crippen LogP contribution in [0.1, 0.15) is 0 Å². The minimum absolute atomic E-state index is 0. The first-order chi connectivity index (χ1) is 8.61. The van der Waals surface area contributed by atoms with Crippen molar-refractivity contribution in [3.63, 3.8) is 0 Å². The van der Waals surface area contributed by atoms with E-state index in [1.54, 1.807) is 60.7 Å². The molecule has 120 valence electrons. The Balaban J connectivity index is -0.000000270. The second-order valence-electron chi connectivity index (χ2n) is 3.10.